The maximum Gasteiger partial charge on any atom is 0.357 e. The fourth-order valence-corrected chi connectivity index (χ4v) is 1.95. The van der Waals surface area contributed by atoms with Gasteiger partial charge in [0.25, 0.3) is 0 Å². The number of carbonyl (C=O) groups excluding carboxylic acids is 2. The lowest BCUT2D eigenvalue weighted by molar-refractivity contribution is -0.119. The molecule has 6 heteroatoms. The molecular weight excluding hydrogens is 228 g/mol. The summed E-state index contributed by atoms with van der Waals surface area (Å²) in [4.78, 5) is 26.3. The Morgan fingerprint density at radius 2 is 2.31 bits per heavy atom. The second-order valence-corrected chi connectivity index (χ2v) is 4.10. The Balaban J connectivity index is 2.70. The fourth-order valence-electron chi connectivity index (χ4n) is 1.15. The van der Waals surface area contributed by atoms with Gasteiger partial charge in [-0.15, -0.1) is 11.3 Å². The lowest BCUT2D eigenvalue weighted by Crippen LogP contribution is -2.23. The molecule has 0 radical (unpaired) electrons. The van der Waals surface area contributed by atoms with Gasteiger partial charge in [-0.2, -0.15) is 0 Å². The molecule has 88 valence electrons. The Morgan fingerprint density at radius 1 is 1.62 bits per heavy atom. The summed E-state index contributed by atoms with van der Waals surface area (Å²) in [5.41, 5.74) is 0.291. The van der Waals surface area contributed by atoms with Gasteiger partial charge in [0.05, 0.1) is 12.6 Å². The van der Waals surface area contributed by atoms with Crippen LogP contribution in [-0.2, 0) is 9.53 Å². The van der Waals surface area contributed by atoms with Crippen molar-refractivity contribution < 1.29 is 14.3 Å². The summed E-state index contributed by atoms with van der Waals surface area (Å²) in [7, 11) is 0. The van der Waals surface area contributed by atoms with E-state index in [1.165, 1.54) is 18.3 Å². The highest BCUT2D eigenvalue weighted by molar-refractivity contribution is 7.09. The Morgan fingerprint density at radius 3 is 2.88 bits per heavy atom. The number of carbonyl (C=O) groups is 2. The Bertz CT molecular complexity index is 389. The van der Waals surface area contributed by atoms with Gasteiger partial charge in [-0.1, -0.05) is 0 Å². The minimum atomic E-state index is -0.431. The van der Waals surface area contributed by atoms with Crippen LogP contribution in [0.15, 0.2) is 5.38 Å². The van der Waals surface area contributed by atoms with E-state index in [2.05, 4.69) is 10.3 Å². The number of ether oxygens (including phenoxy) is 1. The molecule has 1 N–H and O–H groups in total. The molecule has 5 nitrogen and oxygen atoms in total. The Kier molecular flexibility index (Phi) is 4.42. The molecule has 0 unspecified atom stereocenters. The van der Waals surface area contributed by atoms with Crippen molar-refractivity contribution in [2.45, 2.75) is 26.8 Å². The van der Waals surface area contributed by atoms with E-state index in [1.807, 2.05) is 6.92 Å². The molecule has 0 aliphatic heterocycles. The first-order chi connectivity index (χ1) is 7.54. The molecule has 0 aliphatic rings. The minimum Gasteiger partial charge on any atom is -0.461 e. The Hall–Kier alpha value is -1.43. The van der Waals surface area contributed by atoms with Crippen molar-refractivity contribution in [1.29, 1.82) is 0 Å². The average molecular weight is 242 g/mol. The minimum absolute atomic E-state index is 0.125. The monoisotopic (exact) mass is 242 g/mol. The molecule has 0 saturated heterocycles. The summed E-state index contributed by atoms with van der Waals surface area (Å²) in [6.45, 7) is 5.32. The zero-order valence-electron chi connectivity index (χ0n) is 9.44. The first-order valence-corrected chi connectivity index (χ1v) is 5.82. The molecule has 1 aromatic rings. The summed E-state index contributed by atoms with van der Waals surface area (Å²) in [5.74, 6) is -0.555. The number of hydrogen-bond donors (Lipinski definition) is 1. The van der Waals surface area contributed by atoms with Crippen LogP contribution in [0.1, 0.15) is 42.3 Å². The number of aromatic nitrogens is 1. The van der Waals surface area contributed by atoms with Crippen molar-refractivity contribution in [2.75, 3.05) is 6.61 Å². The second kappa shape index (κ2) is 5.60. The summed E-state index contributed by atoms with van der Waals surface area (Å²) in [5, 5.41) is 5.02. The van der Waals surface area contributed by atoms with Crippen LogP contribution in [0, 0.1) is 0 Å². The highest BCUT2D eigenvalue weighted by Gasteiger charge is 2.15. The number of esters is 1. The number of thiazole rings is 1. The topological polar surface area (TPSA) is 68.3 Å². The van der Waals surface area contributed by atoms with Gasteiger partial charge in [-0.25, -0.2) is 9.78 Å². The third kappa shape index (κ3) is 3.30. The first kappa shape index (κ1) is 12.6. The van der Waals surface area contributed by atoms with Crippen LogP contribution in [0.5, 0.6) is 0 Å². The van der Waals surface area contributed by atoms with Crippen molar-refractivity contribution in [3.8, 4) is 0 Å². The fraction of sp³-hybridized carbons (Fsp3) is 0.500. The van der Waals surface area contributed by atoms with Gasteiger partial charge in [0.2, 0.25) is 5.91 Å². The standard InChI is InChI=1S/C10H14N2O3S/c1-4-15-10(14)8-5-16-9(12-8)6(2)11-7(3)13/h5-6H,4H2,1-3H3,(H,11,13)/t6-/m0/s1. The van der Waals surface area contributed by atoms with Crippen LogP contribution in [0.3, 0.4) is 0 Å². The lowest BCUT2D eigenvalue weighted by Gasteiger charge is -2.07. The van der Waals surface area contributed by atoms with E-state index in [0.717, 1.165) is 0 Å². The summed E-state index contributed by atoms with van der Waals surface area (Å²) < 4.78 is 4.82. The van der Waals surface area contributed by atoms with Crippen molar-refractivity contribution in [3.63, 3.8) is 0 Å². The molecule has 1 aromatic heterocycles. The van der Waals surface area contributed by atoms with Crippen LogP contribution in [-0.4, -0.2) is 23.5 Å². The SMILES string of the molecule is CCOC(=O)c1csc([C@H](C)NC(C)=O)n1. The van der Waals surface area contributed by atoms with E-state index >= 15 is 0 Å². The van der Waals surface area contributed by atoms with Crippen molar-refractivity contribution in [3.05, 3.63) is 16.1 Å². The number of nitrogens with one attached hydrogen (secondary N) is 1. The number of nitrogens with zero attached hydrogens (tertiary/aromatic N) is 1. The Labute approximate surface area is 97.8 Å². The average Bonchev–Trinajstić information content (AvgIpc) is 2.65. The van der Waals surface area contributed by atoms with E-state index < -0.39 is 5.97 Å². The van der Waals surface area contributed by atoms with Crippen molar-refractivity contribution in [1.82, 2.24) is 10.3 Å². The van der Waals surface area contributed by atoms with Gasteiger partial charge < -0.3 is 10.1 Å². The number of rotatable bonds is 4. The van der Waals surface area contributed by atoms with Crippen LogP contribution in [0.4, 0.5) is 0 Å². The molecule has 0 spiro atoms. The normalized spacial score (nSPS) is 11.9. The van der Waals surface area contributed by atoms with E-state index in [4.69, 9.17) is 4.74 Å². The molecule has 1 rings (SSSR count). The predicted molar refractivity (Wildman–Crippen MR) is 60.3 cm³/mol. The molecule has 0 fully saturated rings. The van der Waals surface area contributed by atoms with Crippen molar-refractivity contribution >= 4 is 23.2 Å². The van der Waals surface area contributed by atoms with E-state index in [0.29, 0.717) is 17.3 Å². The molecule has 0 bridgehead atoms. The lowest BCUT2D eigenvalue weighted by atomic mass is 10.3. The van der Waals surface area contributed by atoms with E-state index in [9.17, 15) is 9.59 Å². The van der Waals surface area contributed by atoms with Crippen LogP contribution in [0.2, 0.25) is 0 Å². The molecule has 16 heavy (non-hydrogen) atoms. The van der Waals surface area contributed by atoms with Crippen LogP contribution in [0.25, 0.3) is 0 Å². The number of amides is 1. The van der Waals surface area contributed by atoms with Gasteiger partial charge in [-0.05, 0) is 13.8 Å². The molecule has 1 heterocycles. The smallest absolute Gasteiger partial charge is 0.357 e. The highest BCUT2D eigenvalue weighted by atomic mass is 32.1. The maximum atomic E-state index is 11.3. The third-order valence-electron chi connectivity index (χ3n) is 1.80. The van der Waals surface area contributed by atoms with Gasteiger partial charge in [0.1, 0.15) is 5.01 Å². The summed E-state index contributed by atoms with van der Waals surface area (Å²) >= 11 is 1.33. The molecule has 0 aliphatic carbocycles. The molecule has 0 aromatic carbocycles. The quantitative estimate of drug-likeness (QED) is 0.813. The molecule has 1 amide bonds. The maximum absolute atomic E-state index is 11.3. The zero-order valence-corrected chi connectivity index (χ0v) is 10.3. The van der Waals surface area contributed by atoms with Gasteiger partial charge in [0.15, 0.2) is 5.69 Å². The van der Waals surface area contributed by atoms with E-state index in [-0.39, 0.29) is 11.9 Å². The van der Waals surface area contributed by atoms with Crippen LogP contribution >= 0.6 is 11.3 Å². The van der Waals surface area contributed by atoms with E-state index in [1.54, 1.807) is 12.3 Å². The summed E-state index contributed by atoms with van der Waals surface area (Å²) in [6, 6.07) is -0.189. The molecular formula is C10H14N2O3S. The van der Waals surface area contributed by atoms with Gasteiger partial charge in [-0.3, -0.25) is 4.79 Å². The van der Waals surface area contributed by atoms with Gasteiger partial charge in [0, 0.05) is 12.3 Å². The third-order valence-corrected chi connectivity index (χ3v) is 2.82. The zero-order chi connectivity index (χ0) is 12.1. The van der Waals surface area contributed by atoms with Gasteiger partial charge >= 0.3 is 5.97 Å². The molecule has 0 saturated carbocycles. The summed E-state index contributed by atoms with van der Waals surface area (Å²) in [6.07, 6.45) is 0. The van der Waals surface area contributed by atoms with Crippen LogP contribution < -0.4 is 5.32 Å². The molecule has 1 atom stereocenters. The predicted octanol–water partition coefficient (Wildman–Crippen LogP) is 1.52. The highest BCUT2D eigenvalue weighted by Crippen LogP contribution is 2.18. The first-order valence-electron chi connectivity index (χ1n) is 4.94. The van der Waals surface area contributed by atoms with Crippen molar-refractivity contribution in [2.24, 2.45) is 0 Å². The number of hydrogen-bond acceptors (Lipinski definition) is 5. The largest absolute Gasteiger partial charge is 0.461 e. The second-order valence-electron chi connectivity index (χ2n) is 3.21.